The van der Waals surface area contributed by atoms with Gasteiger partial charge in [0.15, 0.2) is 0 Å². The molecule has 0 saturated heterocycles. The molecule has 19 heavy (non-hydrogen) atoms. The van der Waals surface area contributed by atoms with Crippen molar-refractivity contribution in [1.29, 1.82) is 0 Å². The van der Waals surface area contributed by atoms with Crippen molar-refractivity contribution < 1.29 is 4.74 Å². The van der Waals surface area contributed by atoms with E-state index in [1.807, 2.05) is 0 Å². The monoisotopic (exact) mass is 337 g/mol. The van der Waals surface area contributed by atoms with Gasteiger partial charge in [-0.2, -0.15) is 0 Å². The molecule has 1 saturated carbocycles. The molecule has 1 aromatic carbocycles. The molecule has 0 bridgehead atoms. The Balaban J connectivity index is 1.68. The summed E-state index contributed by atoms with van der Waals surface area (Å²) in [5.41, 5.74) is 1.45. The fourth-order valence-corrected chi connectivity index (χ4v) is 3.66. The molecule has 2 aromatic rings. The lowest BCUT2D eigenvalue weighted by molar-refractivity contribution is 0.442. The fourth-order valence-electron chi connectivity index (χ4n) is 2.63. The Morgan fingerprint density at radius 2 is 1.84 bits per heavy atom. The van der Waals surface area contributed by atoms with Crippen molar-refractivity contribution in [2.75, 3.05) is 0 Å². The Morgan fingerprint density at radius 3 is 2.47 bits per heavy atom. The highest BCUT2D eigenvalue weighted by molar-refractivity contribution is 9.11. The van der Waals surface area contributed by atoms with E-state index in [4.69, 9.17) is 4.74 Å². The van der Waals surface area contributed by atoms with Crippen LogP contribution in [0.25, 0.3) is 0 Å². The first-order valence-electron chi connectivity index (χ1n) is 6.70. The van der Waals surface area contributed by atoms with Crippen LogP contribution >= 0.6 is 27.3 Å². The van der Waals surface area contributed by atoms with Crippen LogP contribution in [-0.2, 0) is 0 Å². The van der Waals surface area contributed by atoms with E-state index < -0.39 is 0 Å². The van der Waals surface area contributed by atoms with Crippen LogP contribution in [0.3, 0.4) is 0 Å². The Kier molecular flexibility index (Phi) is 4.18. The van der Waals surface area contributed by atoms with Gasteiger partial charge < -0.3 is 4.74 Å². The van der Waals surface area contributed by atoms with Gasteiger partial charge >= 0.3 is 0 Å². The summed E-state index contributed by atoms with van der Waals surface area (Å²) >= 11 is 4.88. The zero-order valence-electron chi connectivity index (χ0n) is 10.6. The summed E-state index contributed by atoms with van der Waals surface area (Å²) in [6, 6.07) is 8.51. The normalized spacial score (nSPS) is 16.5. The summed E-state index contributed by atoms with van der Waals surface area (Å²) in [6.07, 6.45) is 8.57. The van der Waals surface area contributed by atoms with E-state index in [1.165, 1.54) is 49.0 Å². The third-order valence-electron chi connectivity index (χ3n) is 3.62. The molecule has 1 heterocycles. The number of ether oxygens (including phenoxy) is 1. The topological polar surface area (TPSA) is 22.1 Å². The Labute approximate surface area is 126 Å². The molecule has 0 N–H and O–H groups in total. The Morgan fingerprint density at radius 1 is 1.11 bits per heavy atom. The van der Waals surface area contributed by atoms with Crippen molar-refractivity contribution in [3.63, 3.8) is 0 Å². The van der Waals surface area contributed by atoms with Crippen LogP contribution in [0.1, 0.15) is 43.6 Å². The molecule has 1 fully saturated rings. The second kappa shape index (κ2) is 6.06. The van der Waals surface area contributed by atoms with Crippen LogP contribution in [-0.4, -0.2) is 4.98 Å². The number of thiazole rings is 1. The standard InChI is InChI=1S/C15H16BrNOS/c16-14-10-17-15(19-14)18-13-8-6-12(7-9-13)11-4-2-1-3-5-11/h6-11H,1-5H2. The van der Waals surface area contributed by atoms with Crippen molar-refractivity contribution in [3.8, 4) is 10.9 Å². The summed E-state index contributed by atoms with van der Waals surface area (Å²) in [5.74, 6) is 1.61. The van der Waals surface area contributed by atoms with Gasteiger partial charge in [-0.25, -0.2) is 4.98 Å². The van der Waals surface area contributed by atoms with Crippen LogP contribution < -0.4 is 4.74 Å². The van der Waals surface area contributed by atoms with Gasteiger partial charge in [0.25, 0.3) is 5.19 Å². The summed E-state index contributed by atoms with van der Waals surface area (Å²) in [5, 5.41) is 0.678. The van der Waals surface area contributed by atoms with Crippen LogP contribution in [0.15, 0.2) is 34.2 Å². The lowest BCUT2D eigenvalue weighted by Crippen LogP contribution is -2.04. The van der Waals surface area contributed by atoms with Gasteiger partial charge in [0.2, 0.25) is 0 Å². The predicted octanol–water partition coefficient (Wildman–Crippen LogP) is 5.75. The molecule has 0 radical (unpaired) electrons. The minimum atomic E-state index is 0.678. The smallest absolute Gasteiger partial charge is 0.279 e. The van der Waals surface area contributed by atoms with Crippen LogP contribution in [0.2, 0.25) is 0 Å². The molecule has 1 aliphatic rings. The summed E-state index contributed by atoms with van der Waals surface area (Å²) in [7, 11) is 0. The van der Waals surface area contributed by atoms with Crippen molar-refractivity contribution in [2.45, 2.75) is 38.0 Å². The maximum Gasteiger partial charge on any atom is 0.279 e. The highest BCUT2D eigenvalue weighted by atomic mass is 79.9. The molecule has 1 aromatic heterocycles. The van der Waals surface area contributed by atoms with Crippen LogP contribution in [0, 0.1) is 0 Å². The number of halogens is 1. The Hall–Kier alpha value is -0.870. The van der Waals surface area contributed by atoms with Crippen molar-refractivity contribution in [3.05, 3.63) is 39.8 Å². The number of nitrogens with zero attached hydrogens (tertiary/aromatic N) is 1. The quantitative estimate of drug-likeness (QED) is 0.711. The highest BCUT2D eigenvalue weighted by Gasteiger charge is 2.15. The minimum Gasteiger partial charge on any atom is -0.431 e. The summed E-state index contributed by atoms with van der Waals surface area (Å²) < 4.78 is 6.71. The molecule has 0 aliphatic heterocycles. The van der Waals surface area contributed by atoms with Gasteiger partial charge in [-0.05, 0) is 52.4 Å². The van der Waals surface area contributed by atoms with Gasteiger partial charge in [-0.15, -0.1) is 0 Å². The first-order valence-corrected chi connectivity index (χ1v) is 8.31. The van der Waals surface area contributed by atoms with Crippen molar-refractivity contribution in [2.24, 2.45) is 0 Å². The number of hydrogen-bond donors (Lipinski definition) is 0. The van der Waals surface area contributed by atoms with Crippen LogP contribution in [0.5, 0.6) is 10.9 Å². The van der Waals surface area contributed by atoms with E-state index in [1.54, 1.807) is 6.20 Å². The number of aromatic nitrogens is 1. The largest absolute Gasteiger partial charge is 0.431 e. The lowest BCUT2D eigenvalue weighted by Gasteiger charge is -2.21. The van der Waals surface area contributed by atoms with E-state index in [-0.39, 0.29) is 0 Å². The number of hydrogen-bond acceptors (Lipinski definition) is 3. The number of rotatable bonds is 3. The molecule has 0 spiro atoms. The molecule has 3 rings (SSSR count). The maximum atomic E-state index is 5.72. The van der Waals surface area contributed by atoms with Gasteiger partial charge in [-0.1, -0.05) is 42.7 Å². The first-order chi connectivity index (χ1) is 9.31. The molecule has 1 aliphatic carbocycles. The van der Waals surface area contributed by atoms with Gasteiger partial charge in [0, 0.05) is 0 Å². The second-order valence-electron chi connectivity index (χ2n) is 4.94. The molecular formula is C15H16BrNOS. The van der Waals surface area contributed by atoms with E-state index in [0.29, 0.717) is 5.19 Å². The molecule has 0 amide bonds. The van der Waals surface area contributed by atoms with E-state index in [2.05, 4.69) is 45.2 Å². The molecule has 0 atom stereocenters. The van der Waals surface area contributed by atoms with E-state index in [0.717, 1.165) is 15.5 Å². The van der Waals surface area contributed by atoms with Gasteiger partial charge in [0.1, 0.15) is 5.75 Å². The third kappa shape index (κ3) is 3.37. The summed E-state index contributed by atoms with van der Waals surface area (Å²) in [4.78, 5) is 4.17. The zero-order valence-corrected chi connectivity index (χ0v) is 13.0. The second-order valence-corrected chi connectivity index (χ2v) is 7.31. The molecular weight excluding hydrogens is 322 g/mol. The van der Waals surface area contributed by atoms with Crippen LogP contribution in [0.4, 0.5) is 0 Å². The fraction of sp³-hybridized carbons (Fsp3) is 0.400. The molecule has 0 unspecified atom stereocenters. The maximum absolute atomic E-state index is 5.72. The highest BCUT2D eigenvalue weighted by Crippen LogP contribution is 2.34. The Bertz CT molecular complexity index is 531. The third-order valence-corrected chi connectivity index (χ3v) is 4.97. The van der Waals surface area contributed by atoms with Crippen molar-refractivity contribution in [1.82, 2.24) is 4.98 Å². The molecule has 2 nitrogen and oxygen atoms in total. The minimum absolute atomic E-state index is 0.678. The number of benzene rings is 1. The average molecular weight is 338 g/mol. The molecule has 100 valence electrons. The van der Waals surface area contributed by atoms with E-state index in [9.17, 15) is 0 Å². The van der Waals surface area contributed by atoms with Crippen molar-refractivity contribution >= 4 is 27.3 Å². The van der Waals surface area contributed by atoms with Gasteiger partial charge in [0.05, 0.1) is 9.98 Å². The lowest BCUT2D eigenvalue weighted by atomic mass is 9.84. The first kappa shape index (κ1) is 13.1. The molecule has 4 heteroatoms. The summed E-state index contributed by atoms with van der Waals surface area (Å²) in [6.45, 7) is 0. The average Bonchev–Trinajstić information content (AvgIpc) is 2.86. The predicted molar refractivity (Wildman–Crippen MR) is 82.2 cm³/mol. The zero-order chi connectivity index (χ0) is 13.1. The SMILES string of the molecule is Brc1cnc(Oc2ccc(C3CCCCC3)cc2)s1. The van der Waals surface area contributed by atoms with Gasteiger partial charge in [-0.3, -0.25) is 0 Å². The van der Waals surface area contributed by atoms with E-state index >= 15 is 0 Å².